The highest BCUT2D eigenvalue weighted by Gasteiger charge is 2.56. The van der Waals surface area contributed by atoms with Crippen molar-refractivity contribution >= 4 is 74.0 Å². The van der Waals surface area contributed by atoms with Gasteiger partial charge in [-0.15, -0.1) is 0 Å². The molecule has 7 aromatic heterocycles. The van der Waals surface area contributed by atoms with Gasteiger partial charge in [-0.05, 0) is 212 Å². The Morgan fingerprint density at radius 3 is 1.18 bits per heavy atom. The number of sulfonamides is 1. The number of fused-ring (bicyclic) bond motifs is 4. The molecule has 42 heteroatoms. The molecule has 1 unspecified atom stereocenters. The third-order valence-corrected chi connectivity index (χ3v) is 27.9. The van der Waals surface area contributed by atoms with Gasteiger partial charge in [-0.3, -0.25) is 23.0 Å². The van der Waals surface area contributed by atoms with Crippen LogP contribution in [0.15, 0.2) is 121 Å². The number of aromatic amines is 1. The van der Waals surface area contributed by atoms with Gasteiger partial charge in [-0.2, -0.15) is 138 Å². The quantitative estimate of drug-likeness (QED) is 0.0962. The third kappa shape index (κ3) is 19.0. The zero-order chi connectivity index (χ0) is 90.9. The summed E-state index contributed by atoms with van der Waals surface area (Å²) in [5, 5.41) is 15.8. The zero-order valence-corrected chi connectivity index (χ0v) is 69.8. The van der Waals surface area contributed by atoms with Gasteiger partial charge in [0.2, 0.25) is 0 Å². The number of aryl methyl sites for hydroxylation is 4. The first-order chi connectivity index (χ1) is 58.5. The van der Waals surface area contributed by atoms with Gasteiger partial charge in [-0.25, -0.2) is 7.94 Å². The van der Waals surface area contributed by atoms with Crippen molar-refractivity contribution in [3.05, 3.63) is 167 Å². The molecule has 18 nitrogen and oxygen atoms in total. The molecule has 0 radical (unpaired) electrons. The van der Waals surface area contributed by atoms with E-state index in [1.807, 2.05) is 18.2 Å². The van der Waals surface area contributed by atoms with E-state index in [2.05, 4.69) is 31.4 Å². The SMILES string of the molecule is CCn1nc(C(F)(F)F)cc1-c1ccc2[nH]c(C3CCCCC3)cc2c1.CCn1nc(C(F)(F)F)cc1-c1ccc2c(c1)CC(C1CCCCC1)N2S(=O)(=O)C(F)(F)F.CCn1nc(C(F)(F)F)cc1-c1ccc2c(c1)cc(C1=CCCCC1)n2S(=O)(=O)C(F)(F)F.CCn1nc(C(F)(F)F)cc1-c1ccc2c(c1)cc(C1CCCCC1)n2S(=O)(=O)C(F)(F)F. The monoisotopic (exact) mass is 1840 g/mol. The lowest BCUT2D eigenvalue weighted by molar-refractivity contribution is -0.142. The molecule has 4 aliphatic carbocycles. The molecule has 0 saturated heterocycles. The lowest BCUT2D eigenvalue weighted by Crippen LogP contribution is -2.48. The van der Waals surface area contributed by atoms with E-state index in [1.165, 1.54) is 114 Å². The fourth-order valence-corrected chi connectivity index (χ4v) is 20.8. The molecule has 8 heterocycles. The summed E-state index contributed by atoms with van der Waals surface area (Å²) in [6, 6.07) is 25.5. The number of nitrogens with zero attached hydrogens (tertiary/aromatic N) is 11. The van der Waals surface area contributed by atoms with Crippen LogP contribution < -0.4 is 4.31 Å². The van der Waals surface area contributed by atoms with Gasteiger partial charge in [0.25, 0.3) is 0 Å². The minimum atomic E-state index is -5.74. The summed E-state index contributed by atoms with van der Waals surface area (Å²) in [6.45, 7) is 7.46. The standard InChI is InChI=1S/C21H23F6N3O2S.C21H21F6N3O2S.C21H19F6N3O2S.C20H22F3N3/c3*1-2-29-17(12-19(28-29)20(22,23)24)14-8-9-16-15(10-14)11-18(13-6-4-3-5-7-13)30(16)33(31,32)21(25,26)27;1-2-26-18(12-19(25-26)20(21,22)23)14-8-9-16-15(10-14)11-17(24-16)13-6-4-3-5-7-13/h8-10,12-13,18H,2-7,11H2,1H3;8-13H,2-7H2,1H3;6,8-12H,2-5,7H2,1H3;8-13,24H,2-7H2,1H3. The molecule has 0 bridgehead atoms. The average Bonchev–Trinajstić information content (AvgIpc) is 1.60. The molecule has 0 amide bonds. The molecular formula is C83H85F21N12O6S3. The highest BCUT2D eigenvalue weighted by Crippen LogP contribution is 2.49. The molecule has 125 heavy (non-hydrogen) atoms. The van der Waals surface area contributed by atoms with E-state index in [0.29, 0.717) is 97.6 Å². The van der Waals surface area contributed by atoms with Crippen molar-refractivity contribution in [3.63, 3.8) is 0 Å². The van der Waals surface area contributed by atoms with Gasteiger partial charge in [0.1, 0.15) is 0 Å². The van der Waals surface area contributed by atoms with Gasteiger partial charge in [0, 0.05) is 87.4 Å². The number of halogens is 21. The summed E-state index contributed by atoms with van der Waals surface area (Å²) in [5.74, 6) is -0.00736. The first kappa shape index (κ1) is 92.9. The fourth-order valence-electron chi connectivity index (χ4n) is 17.4. The summed E-state index contributed by atoms with van der Waals surface area (Å²) >= 11 is 0. The van der Waals surface area contributed by atoms with Crippen molar-refractivity contribution in [2.75, 3.05) is 4.31 Å². The maximum absolute atomic E-state index is 13.5. The number of rotatable bonds is 15. The van der Waals surface area contributed by atoms with Gasteiger partial charge >= 0.3 is 71.3 Å². The molecule has 5 aliphatic rings. The lowest BCUT2D eigenvalue weighted by Gasteiger charge is -2.35. The number of nitrogens with one attached hydrogen (secondary N) is 1. The Bertz CT molecular complexity index is 6150. The minimum absolute atomic E-state index is 0.0548. The first-order valence-corrected chi connectivity index (χ1v) is 44.9. The van der Waals surface area contributed by atoms with Crippen LogP contribution >= 0.6 is 0 Å². The normalized spacial score (nSPS) is 17.3. The predicted octanol–water partition coefficient (Wildman–Crippen LogP) is 24.4. The third-order valence-electron chi connectivity index (χ3n) is 23.4. The topological polar surface area (TPSA) is 203 Å². The summed E-state index contributed by atoms with van der Waals surface area (Å²) < 4.78 is 360. The van der Waals surface area contributed by atoms with E-state index in [0.717, 1.165) is 95.0 Å². The predicted molar refractivity (Wildman–Crippen MR) is 427 cm³/mol. The van der Waals surface area contributed by atoms with E-state index in [1.54, 1.807) is 33.8 Å². The zero-order valence-electron chi connectivity index (χ0n) is 67.4. The Balaban J connectivity index is 0.000000144. The van der Waals surface area contributed by atoms with Crippen LogP contribution in [0.1, 0.15) is 207 Å². The lowest BCUT2D eigenvalue weighted by atomic mass is 9.83. The van der Waals surface area contributed by atoms with E-state index < -0.39 is 100 Å². The molecule has 678 valence electrons. The molecule has 4 aromatic carbocycles. The summed E-state index contributed by atoms with van der Waals surface area (Å²) in [7, 11) is -17.1. The Hall–Kier alpha value is -9.74. The van der Waals surface area contributed by atoms with Gasteiger partial charge in [0.15, 0.2) is 22.8 Å². The number of benzene rings is 4. The summed E-state index contributed by atoms with van der Waals surface area (Å²) in [6.07, 6.45) is -0.277. The molecule has 1 atom stereocenters. The van der Waals surface area contributed by atoms with Crippen molar-refractivity contribution in [1.82, 2.24) is 52.1 Å². The minimum Gasteiger partial charge on any atom is -0.358 e. The van der Waals surface area contributed by atoms with E-state index in [-0.39, 0.29) is 99.4 Å². The number of hydrogen-bond acceptors (Lipinski definition) is 10. The molecule has 0 spiro atoms. The smallest absolute Gasteiger partial charge is 0.358 e. The van der Waals surface area contributed by atoms with Crippen molar-refractivity contribution < 1.29 is 117 Å². The highest BCUT2D eigenvalue weighted by molar-refractivity contribution is 7.93. The van der Waals surface area contributed by atoms with Crippen LogP contribution in [0.5, 0.6) is 0 Å². The van der Waals surface area contributed by atoms with Crippen molar-refractivity contribution in [2.24, 2.45) is 5.92 Å². The summed E-state index contributed by atoms with van der Waals surface area (Å²) in [4.78, 5) is 3.50. The number of aromatic nitrogens is 11. The maximum atomic E-state index is 13.5. The number of anilines is 1. The Morgan fingerprint density at radius 1 is 0.376 bits per heavy atom. The van der Waals surface area contributed by atoms with E-state index in [4.69, 9.17) is 0 Å². The molecule has 3 fully saturated rings. The van der Waals surface area contributed by atoms with Crippen molar-refractivity contribution in [3.8, 4) is 45.0 Å². The Morgan fingerprint density at radius 2 is 0.760 bits per heavy atom. The maximum Gasteiger partial charge on any atom is 0.517 e. The van der Waals surface area contributed by atoms with Crippen LogP contribution in [-0.4, -0.2) is 99.9 Å². The van der Waals surface area contributed by atoms with E-state index >= 15 is 0 Å². The van der Waals surface area contributed by atoms with Crippen molar-refractivity contribution in [2.45, 2.75) is 241 Å². The van der Waals surface area contributed by atoms with Crippen LogP contribution in [0.2, 0.25) is 0 Å². The van der Waals surface area contributed by atoms with Crippen LogP contribution in [0.25, 0.3) is 83.3 Å². The van der Waals surface area contributed by atoms with Gasteiger partial charge < -0.3 is 4.98 Å². The second kappa shape index (κ2) is 35.1. The number of allylic oxidation sites excluding steroid dienone is 2. The van der Waals surface area contributed by atoms with Crippen LogP contribution in [0.3, 0.4) is 0 Å². The Labute approximate surface area is 703 Å². The molecule has 3 saturated carbocycles. The van der Waals surface area contributed by atoms with Crippen LogP contribution in [-0.2, 0) is 87.4 Å². The number of H-pyrrole nitrogens is 1. The van der Waals surface area contributed by atoms with Gasteiger partial charge in [0.05, 0.1) is 51.2 Å². The average molecular weight is 1840 g/mol. The van der Waals surface area contributed by atoms with Gasteiger partial charge in [-0.1, -0.05) is 88.1 Å². The first-order valence-electron chi connectivity index (χ1n) is 40.6. The van der Waals surface area contributed by atoms with E-state index in [9.17, 15) is 117 Å². The summed E-state index contributed by atoms with van der Waals surface area (Å²) in [5.41, 5.74) is -15.3. The molecule has 11 aromatic rings. The highest BCUT2D eigenvalue weighted by atomic mass is 32.2. The fraction of sp³-hybridized carbons (Fsp3) is 0.470. The number of hydrogen-bond donors (Lipinski definition) is 1. The molecular weight excluding hydrogens is 1760 g/mol. The molecule has 1 aliphatic heterocycles. The van der Waals surface area contributed by atoms with Crippen LogP contribution in [0.4, 0.5) is 97.9 Å². The second-order valence-corrected chi connectivity index (χ2v) is 36.8. The second-order valence-electron chi connectivity index (χ2n) is 31.4. The van der Waals surface area contributed by atoms with Crippen LogP contribution in [0, 0.1) is 5.92 Å². The van der Waals surface area contributed by atoms with Crippen molar-refractivity contribution in [1.29, 1.82) is 0 Å². The molecule has 16 rings (SSSR count). The Kier molecular flexibility index (Phi) is 26.1. The molecule has 1 N–H and O–H groups in total. The largest absolute Gasteiger partial charge is 0.517 e. The number of alkyl halides is 21.